The molecule has 0 radical (unpaired) electrons. The first-order valence-corrected chi connectivity index (χ1v) is 7.28. The average molecular weight is 334 g/mol. The maximum atomic E-state index is 11.9. The number of amides is 1. The van der Waals surface area contributed by atoms with E-state index in [9.17, 15) is 9.59 Å². The van der Waals surface area contributed by atoms with Crippen molar-refractivity contribution in [2.24, 2.45) is 0 Å². The number of carbonyl (C=O) groups excluding carboxylic acids is 2. The van der Waals surface area contributed by atoms with Crippen molar-refractivity contribution in [1.29, 1.82) is 0 Å². The van der Waals surface area contributed by atoms with Gasteiger partial charge in [0.1, 0.15) is 18.9 Å². The summed E-state index contributed by atoms with van der Waals surface area (Å²) < 4.78 is 10.1. The van der Waals surface area contributed by atoms with Gasteiger partial charge in [-0.25, -0.2) is 0 Å². The molecular weight excluding hydrogens is 318 g/mol. The second-order valence-electron chi connectivity index (χ2n) is 4.70. The van der Waals surface area contributed by atoms with Crippen molar-refractivity contribution in [3.05, 3.63) is 64.7 Å². The van der Waals surface area contributed by atoms with Crippen LogP contribution in [0.4, 0.5) is 0 Å². The summed E-state index contributed by atoms with van der Waals surface area (Å²) in [4.78, 5) is 23.5. The van der Waals surface area contributed by atoms with Crippen LogP contribution < -0.4 is 10.1 Å². The van der Waals surface area contributed by atoms with Crippen molar-refractivity contribution in [3.63, 3.8) is 0 Å². The Morgan fingerprint density at radius 2 is 1.70 bits per heavy atom. The molecule has 0 spiro atoms. The van der Waals surface area contributed by atoms with Gasteiger partial charge in [-0.3, -0.25) is 9.59 Å². The van der Waals surface area contributed by atoms with E-state index in [4.69, 9.17) is 21.1 Å². The number of hydrogen-bond acceptors (Lipinski definition) is 4. The summed E-state index contributed by atoms with van der Waals surface area (Å²) in [5.74, 6) is -0.207. The summed E-state index contributed by atoms with van der Waals surface area (Å²) in [7, 11) is 1.55. The largest absolute Gasteiger partial charge is 0.497 e. The van der Waals surface area contributed by atoms with Crippen LogP contribution in [0.15, 0.2) is 48.5 Å². The van der Waals surface area contributed by atoms with Crippen LogP contribution in [0.5, 0.6) is 5.75 Å². The van der Waals surface area contributed by atoms with E-state index < -0.39 is 5.97 Å². The Morgan fingerprint density at radius 3 is 2.30 bits per heavy atom. The van der Waals surface area contributed by atoms with E-state index in [2.05, 4.69) is 5.32 Å². The molecule has 1 amide bonds. The lowest BCUT2D eigenvalue weighted by molar-refractivity contribution is -0.143. The molecule has 0 saturated heterocycles. The topological polar surface area (TPSA) is 64.6 Å². The van der Waals surface area contributed by atoms with Crippen molar-refractivity contribution in [1.82, 2.24) is 5.32 Å². The maximum absolute atomic E-state index is 11.9. The monoisotopic (exact) mass is 333 g/mol. The molecule has 2 aromatic carbocycles. The molecule has 0 atom stereocenters. The molecule has 2 rings (SSSR count). The molecule has 0 unspecified atom stereocenters. The van der Waals surface area contributed by atoms with Gasteiger partial charge in [0.25, 0.3) is 5.91 Å². The van der Waals surface area contributed by atoms with E-state index in [1.807, 2.05) is 0 Å². The minimum Gasteiger partial charge on any atom is -0.497 e. The zero-order chi connectivity index (χ0) is 16.7. The highest BCUT2D eigenvalue weighted by molar-refractivity contribution is 6.30. The fourth-order valence-corrected chi connectivity index (χ4v) is 1.92. The van der Waals surface area contributed by atoms with Gasteiger partial charge in [0.15, 0.2) is 0 Å². The molecule has 0 saturated carbocycles. The van der Waals surface area contributed by atoms with Crippen LogP contribution in [0.1, 0.15) is 15.9 Å². The Hall–Kier alpha value is -2.53. The SMILES string of the molecule is COc1ccc(C(=O)NCC(=O)OCc2ccc(Cl)cc2)cc1. The lowest BCUT2D eigenvalue weighted by atomic mass is 10.2. The summed E-state index contributed by atoms with van der Waals surface area (Å²) in [5.41, 5.74) is 1.26. The molecule has 0 aliphatic rings. The number of carbonyl (C=O) groups is 2. The Kier molecular flexibility index (Phi) is 6.00. The number of hydrogen-bond donors (Lipinski definition) is 1. The zero-order valence-electron chi connectivity index (χ0n) is 12.5. The van der Waals surface area contributed by atoms with E-state index in [-0.39, 0.29) is 19.1 Å². The third-order valence-corrected chi connectivity index (χ3v) is 3.31. The number of esters is 1. The highest BCUT2D eigenvalue weighted by Crippen LogP contribution is 2.11. The summed E-state index contributed by atoms with van der Waals surface area (Å²) in [6, 6.07) is 13.6. The molecule has 5 nitrogen and oxygen atoms in total. The van der Waals surface area contributed by atoms with Crippen LogP contribution in [0, 0.1) is 0 Å². The number of rotatable bonds is 6. The fraction of sp³-hybridized carbons (Fsp3) is 0.176. The van der Waals surface area contributed by atoms with E-state index in [1.165, 1.54) is 0 Å². The van der Waals surface area contributed by atoms with Gasteiger partial charge in [0, 0.05) is 10.6 Å². The van der Waals surface area contributed by atoms with Gasteiger partial charge in [-0.2, -0.15) is 0 Å². The Bertz CT molecular complexity index is 668. The normalized spacial score (nSPS) is 10.0. The first kappa shape index (κ1) is 16.8. The first-order valence-electron chi connectivity index (χ1n) is 6.91. The fourth-order valence-electron chi connectivity index (χ4n) is 1.79. The van der Waals surface area contributed by atoms with E-state index in [1.54, 1.807) is 55.6 Å². The molecule has 0 heterocycles. The minimum atomic E-state index is -0.512. The summed E-state index contributed by atoms with van der Waals surface area (Å²) in [6.07, 6.45) is 0. The summed E-state index contributed by atoms with van der Waals surface area (Å²) in [6.45, 7) is -0.0626. The molecule has 0 fully saturated rings. The van der Waals surface area contributed by atoms with Crippen LogP contribution in [0.3, 0.4) is 0 Å². The van der Waals surface area contributed by atoms with Crippen molar-refractivity contribution < 1.29 is 19.1 Å². The smallest absolute Gasteiger partial charge is 0.325 e. The molecule has 0 aromatic heterocycles. The van der Waals surface area contributed by atoms with Gasteiger partial charge >= 0.3 is 5.97 Å². The average Bonchev–Trinajstić information content (AvgIpc) is 2.59. The Labute approximate surface area is 139 Å². The number of benzene rings is 2. The molecule has 2 aromatic rings. The number of nitrogens with one attached hydrogen (secondary N) is 1. The molecule has 1 N–H and O–H groups in total. The van der Waals surface area contributed by atoms with Gasteiger partial charge in [-0.15, -0.1) is 0 Å². The lowest BCUT2D eigenvalue weighted by Gasteiger charge is -2.07. The van der Waals surface area contributed by atoms with Crippen molar-refractivity contribution in [2.45, 2.75) is 6.61 Å². The number of halogens is 1. The number of ether oxygens (including phenoxy) is 2. The molecule has 120 valence electrons. The first-order chi connectivity index (χ1) is 11.1. The standard InChI is InChI=1S/C17H16ClNO4/c1-22-15-8-4-13(5-9-15)17(21)19-10-16(20)23-11-12-2-6-14(18)7-3-12/h2-9H,10-11H2,1H3,(H,19,21). The third-order valence-electron chi connectivity index (χ3n) is 3.06. The third kappa shape index (κ3) is 5.30. The highest BCUT2D eigenvalue weighted by Gasteiger charge is 2.09. The molecule has 6 heteroatoms. The molecule has 0 aliphatic heterocycles. The quantitative estimate of drug-likeness (QED) is 0.826. The van der Waals surface area contributed by atoms with Crippen LogP contribution in [0.25, 0.3) is 0 Å². The Balaban J connectivity index is 1.76. The van der Waals surface area contributed by atoms with Crippen LogP contribution in [-0.4, -0.2) is 25.5 Å². The lowest BCUT2D eigenvalue weighted by Crippen LogP contribution is -2.30. The second-order valence-corrected chi connectivity index (χ2v) is 5.13. The van der Waals surface area contributed by atoms with E-state index in [0.29, 0.717) is 16.3 Å². The van der Waals surface area contributed by atoms with Gasteiger partial charge in [0.05, 0.1) is 7.11 Å². The van der Waals surface area contributed by atoms with Gasteiger partial charge in [-0.05, 0) is 42.0 Å². The predicted molar refractivity (Wildman–Crippen MR) is 86.6 cm³/mol. The molecule has 23 heavy (non-hydrogen) atoms. The van der Waals surface area contributed by atoms with Gasteiger partial charge in [0.2, 0.25) is 0 Å². The van der Waals surface area contributed by atoms with Crippen LogP contribution in [0.2, 0.25) is 5.02 Å². The zero-order valence-corrected chi connectivity index (χ0v) is 13.3. The van der Waals surface area contributed by atoms with E-state index in [0.717, 1.165) is 5.56 Å². The molecule has 0 bridgehead atoms. The van der Waals surface area contributed by atoms with Crippen molar-refractivity contribution in [2.75, 3.05) is 13.7 Å². The van der Waals surface area contributed by atoms with Crippen molar-refractivity contribution >= 4 is 23.5 Å². The van der Waals surface area contributed by atoms with Gasteiger partial charge in [-0.1, -0.05) is 23.7 Å². The van der Waals surface area contributed by atoms with E-state index >= 15 is 0 Å². The van der Waals surface area contributed by atoms with Crippen molar-refractivity contribution in [3.8, 4) is 5.75 Å². The predicted octanol–water partition coefficient (Wildman–Crippen LogP) is 2.82. The minimum absolute atomic E-state index is 0.133. The molecule has 0 aliphatic carbocycles. The number of methoxy groups -OCH3 is 1. The summed E-state index contributed by atoms with van der Waals surface area (Å²) in [5, 5.41) is 3.12. The van der Waals surface area contributed by atoms with Crippen LogP contribution in [-0.2, 0) is 16.1 Å². The Morgan fingerprint density at radius 1 is 1.04 bits per heavy atom. The summed E-state index contributed by atoms with van der Waals surface area (Å²) >= 11 is 5.77. The second kappa shape index (κ2) is 8.19. The highest BCUT2D eigenvalue weighted by atomic mass is 35.5. The maximum Gasteiger partial charge on any atom is 0.325 e. The van der Waals surface area contributed by atoms with Gasteiger partial charge < -0.3 is 14.8 Å². The molecular formula is C17H16ClNO4. The van der Waals surface area contributed by atoms with Crippen LogP contribution >= 0.6 is 11.6 Å².